The summed E-state index contributed by atoms with van der Waals surface area (Å²) >= 11 is 0. The quantitative estimate of drug-likeness (QED) is 0.785. The van der Waals surface area contributed by atoms with E-state index in [0.717, 1.165) is 32.2 Å². The van der Waals surface area contributed by atoms with E-state index in [9.17, 15) is 4.79 Å². The molecule has 6 heteroatoms. The summed E-state index contributed by atoms with van der Waals surface area (Å²) in [4.78, 5) is 22.6. The molecule has 1 aromatic rings. The van der Waals surface area contributed by atoms with Crippen LogP contribution in [-0.2, 0) is 0 Å². The number of anilines is 1. The molecule has 2 N–H and O–H groups in total. The van der Waals surface area contributed by atoms with Gasteiger partial charge in [-0.1, -0.05) is 6.92 Å². The van der Waals surface area contributed by atoms with Gasteiger partial charge in [0.2, 0.25) is 0 Å². The number of aliphatic hydroxyl groups excluding tert-OH is 1. The van der Waals surface area contributed by atoms with Gasteiger partial charge in [0.15, 0.2) is 0 Å². The average molecular weight is 278 g/mol. The Bertz CT molecular complexity index is 449. The molecule has 1 amide bonds. The second-order valence-electron chi connectivity index (χ2n) is 5.02. The van der Waals surface area contributed by atoms with Gasteiger partial charge in [-0.2, -0.15) is 0 Å². The highest BCUT2D eigenvalue weighted by Crippen LogP contribution is 2.25. The summed E-state index contributed by atoms with van der Waals surface area (Å²) in [5, 5.41) is 12.3. The molecule has 1 fully saturated rings. The topological polar surface area (TPSA) is 78.4 Å². The Kier molecular flexibility index (Phi) is 5.29. The lowest BCUT2D eigenvalue weighted by molar-refractivity contribution is 0.0519. The normalized spacial score (nSPS) is 14.7. The van der Waals surface area contributed by atoms with Crippen molar-refractivity contribution < 1.29 is 9.90 Å². The predicted octanol–water partition coefficient (Wildman–Crippen LogP) is 1.29. The highest BCUT2D eigenvalue weighted by Gasteiger charge is 2.29. The molecule has 1 aliphatic rings. The van der Waals surface area contributed by atoms with Gasteiger partial charge >= 0.3 is 0 Å². The zero-order valence-corrected chi connectivity index (χ0v) is 11.9. The third-order valence-corrected chi connectivity index (χ3v) is 3.53. The lowest BCUT2D eigenvalue weighted by Gasteiger charge is -2.37. The second kappa shape index (κ2) is 7.19. The van der Waals surface area contributed by atoms with Crippen LogP contribution < -0.4 is 5.32 Å². The first kappa shape index (κ1) is 14.7. The number of nitrogens with one attached hydrogen (secondary N) is 1. The van der Waals surface area contributed by atoms with Crippen LogP contribution in [0.2, 0.25) is 0 Å². The van der Waals surface area contributed by atoms with Crippen molar-refractivity contribution in [2.75, 3.05) is 25.0 Å². The maximum atomic E-state index is 12.5. The Labute approximate surface area is 119 Å². The largest absolute Gasteiger partial charge is 0.395 e. The van der Waals surface area contributed by atoms with Crippen LogP contribution in [0.25, 0.3) is 0 Å². The summed E-state index contributed by atoms with van der Waals surface area (Å²) in [5.41, 5.74) is 0.339. The Balaban J connectivity index is 2.09. The third kappa shape index (κ3) is 3.45. The lowest BCUT2D eigenvalue weighted by atomic mass is 9.91. The van der Waals surface area contributed by atoms with Crippen LogP contribution in [0.15, 0.2) is 12.4 Å². The summed E-state index contributed by atoms with van der Waals surface area (Å²) in [7, 11) is 0. The van der Waals surface area contributed by atoms with Crippen LogP contribution in [0.3, 0.4) is 0 Å². The van der Waals surface area contributed by atoms with Crippen molar-refractivity contribution in [2.24, 2.45) is 0 Å². The summed E-state index contributed by atoms with van der Waals surface area (Å²) in [6, 6.07) is 0.240. The SMILES string of the molecule is CCCNc1cncc(C(=O)N(CCO)C2CCC2)n1. The van der Waals surface area contributed by atoms with Crippen molar-refractivity contribution in [1.29, 1.82) is 0 Å². The number of rotatable bonds is 7. The summed E-state index contributed by atoms with van der Waals surface area (Å²) in [6.45, 7) is 3.20. The van der Waals surface area contributed by atoms with Crippen LogP contribution >= 0.6 is 0 Å². The molecule has 20 heavy (non-hydrogen) atoms. The lowest BCUT2D eigenvalue weighted by Crippen LogP contribution is -2.46. The average Bonchev–Trinajstić information content (AvgIpc) is 2.42. The fraction of sp³-hybridized carbons (Fsp3) is 0.643. The van der Waals surface area contributed by atoms with Gasteiger partial charge in [-0.05, 0) is 25.7 Å². The van der Waals surface area contributed by atoms with Crippen LogP contribution in [0.5, 0.6) is 0 Å². The van der Waals surface area contributed by atoms with Crippen molar-refractivity contribution in [1.82, 2.24) is 14.9 Å². The number of hydrogen-bond donors (Lipinski definition) is 2. The molecule has 1 heterocycles. The minimum absolute atomic E-state index is 0.0244. The van der Waals surface area contributed by atoms with E-state index in [0.29, 0.717) is 18.1 Å². The predicted molar refractivity (Wildman–Crippen MR) is 76.6 cm³/mol. The van der Waals surface area contributed by atoms with Gasteiger partial charge in [0, 0.05) is 19.1 Å². The molecule has 0 atom stereocenters. The molecule has 0 spiro atoms. The number of amides is 1. The minimum atomic E-state index is -0.142. The van der Waals surface area contributed by atoms with Crippen molar-refractivity contribution >= 4 is 11.7 Å². The second-order valence-corrected chi connectivity index (χ2v) is 5.02. The molecule has 0 aromatic carbocycles. The first-order valence-electron chi connectivity index (χ1n) is 7.24. The molecule has 0 bridgehead atoms. The van der Waals surface area contributed by atoms with Gasteiger partial charge in [0.05, 0.1) is 19.0 Å². The van der Waals surface area contributed by atoms with Crippen LogP contribution in [-0.4, -0.2) is 51.6 Å². The Hall–Kier alpha value is -1.69. The van der Waals surface area contributed by atoms with E-state index in [1.807, 2.05) is 0 Å². The number of aliphatic hydroxyl groups is 1. The first-order valence-corrected chi connectivity index (χ1v) is 7.24. The van der Waals surface area contributed by atoms with Gasteiger partial charge in [-0.15, -0.1) is 0 Å². The van der Waals surface area contributed by atoms with Crippen LogP contribution in [0.1, 0.15) is 43.1 Å². The number of nitrogens with zero attached hydrogens (tertiary/aromatic N) is 3. The Morgan fingerprint density at radius 2 is 2.30 bits per heavy atom. The molecule has 0 unspecified atom stereocenters. The van der Waals surface area contributed by atoms with Crippen LogP contribution in [0, 0.1) is 0 Å². The van der Waals surface area contributed by atoms with Crippen LogP contribution in [0.4, 0.5) is 5.82 Å². The van der Waals surface area contributed by atoms with Gasteiger partial charge in [-0.3, -0.25) is 9.78 Å². The standard InChI is InChI=1S/C14H22N4O2/c1-2-6-16-13-10-15-9-12(17-13)14(20)18(7-8-19)11-4-3-5-11/h9-11,19H,2-8H2,1H3,(H,16,17). The maximum Gasteiger partial charge on any atom is 0.274 e. The Morgan fingerprint density at radius 1 is 1.50 bits per heavy atom. The Morgan fingerprint density at radius 3 is 2.90 bits per heavy atom. The summed E-state index contributed by atoms with van der Waals surface area (Å²) < 4.78 is 0. The van der Waals surface area contributed by atoms with E-state index >= 15 is 0 Å². The highest BCUT2D eigenvalue weighted by atomic mass is 16.3. The molecular formula is C14H22N4O2. The molecule has 1 aliphatic carbocycles. The molecule has 0 radical (unpaired) electrons. The molecule has 0 aliphatic heterocycles. The van der Waals surface area contributed by atoms with E-state index in [4.69, 9.17) is 5.11 Å². The first-order chi connectivity index (χ1) is 9.76. The maximum absolute atomic E-state index is 12.5. The summed E-state index contributed by atoms with van der Waals surface area (Å²) in [5.74, 6) is 0.478. The third-order valence-electron chi connectivity index (χ3n) is 3.53. The number of carbonyl (C=O) groups is 1. The zero-order chi connectivity index (χ0) is 14.4. The van der Waals surface area contributed by atoms with E-state index in [2.05, 4.69) is 22.2 Å². The molecule has 110 valence electrons. The van der Waals surface area contributed by atoms with Gasteiger partial charge in [-0.25, -0.2) is 4.98 Å². The molecule has 2 rings (SSSR count). The molecule has 1 saturated carbocycles. The van der Waals surface area contributed by atoms with Gasteiger partial charge in [0.1, 0.15) is 11.5 Å². The van der Waals surface area contributed by atoms with Crippen molar-refractivity contribution in [3.05, 3.63) is 18.1 Å². The number of carbonyl (C=O) groups excluding carboxylic acids is 1. The van der Waals surface area contributed by atoms with E-state index in [-0.39, 0.29) is 18.6 Å². The van der Waals surface area contributed by atoms with Crippen molar-refractivity contribution in [3.63, 3.8) is 0 Å². The van der Waals surface area contributed by atoms with E-state index in [1.165, 1.54) is 6.20 Å². The number of aromatic nitrogens is 2. The monoisotopic (exact) mass is 278 g/mol. The fourth-order valence-corrected chi connectivity index (χ4v) is 2.21. The fourth-order valence-electron chi connectivity index (χ4n) is 2.21. The molecule has 0 saturated heterocycles. The van der Waals surface area contributed by atoms with E-state index < -0.39 is 0 Å². The molecule has 6 nitrogen and oxygen atoms in total. The van der Waals surface area contributed by atoms with Gasteiger partial charge in [0.25, 0.3) is 5.91 Å². The van der Waals surface area contributed by atoms with E-state index in [1.54, 1.807) is 11.1 Å². The summed E-state index contributed by atoms with van der Waals surface area (Å²) in [6.07, 6.45) is 7.25. The zero-order valence-electron chi connectivity index (χ0n) is 11.9. The molecular weight excluding hydrogens is 256 g/mol. The highest BCUT2D eigenvalue weighted by molar-refractivity contribution is 5.92. The van der Waals surface area contributed by atoms with Crippen molar-refractivity contribution in [2.45, 2.75) is 38.6 Å². The smallest absolute Gasteiger partial charge is 0.274 e. The minimum Gasteiger partial charge on any atom is -0.395 e. The molecule has 1 aromatic heterocycles. The van der Waals surface area contributed by atoms with Gasteiger partial charge < -0.3 is 15.3 Å². The number of hydrogen-bond acceptors (Lipinski definition) is 5. The van der Waals surface area contributed by atoms with Crippen molar-refractivity contribution in [3.8, 4) is 0 Å².